The molecule has 0 bridgehead atoms. The highest BCUT2D eigenvalue weighted by molar-refractivity contribution is 9.10. The number of halogens is 1. The molecule has 5 nitrogen and oxygen atoms in total. The van der Waals surface area contributed by atoms with Crippen LogP contribution in [0.15, 0.2) is 22.7 Å². The molecular formula is C14H20BrN3O2. The Hall–Kier alpha value is -1.56. The van der Waals surface area contributed by atoms with E-state index < -0.39 is 0 Å². The van der Waals surface area contributed by atoms with Gasteiger partial charge in [-0.2, -0.15) is 0 Å². The van der Waals surface area contributed by atoms with E-state index in [1.165, 1.54) is 4.90 Å². The summed E-state index contributed by atoms with van der Waals surface area (Å²) in [6, 6.07) is 5.36. The van der Waals surface area contributed by atoms with Crippen molar-refractivity contribution in [3.8, 4) is 0 Å². The molecule has 0 aliphatic heterocycles. The zero-order chi connectivity index (χ0) is 15.3. The second kappa shape index (κ2) is 7.28. The standard InChI is InChI=1S/C14H20BrN3O2/c1-9-7-11(5-6-12(9)15)17-14(20)18(4)8-10(2)13(19)16-3/h5-7,10H,8H2,1-4H3,(H,16,19)(H,17,20)/t10-/m0/s1. The van der Waals surface area contributed by atoms with Gasteiger partial charge in [0.15, 0.2) is 0 Å². The van der Waals surface area contributed by atoms with Gasteiger partial charge in [0.1, 0.15) is 0 Å². The first kappa shape index (κ1) is 16.5. The fourth-order valence-electron chi connectivity index (χ4n) is 1.76. The third kappa shape index (κ3) is 4.52. The Morgan fingerprint density at radius 1 is 1.40 bits per heavy atom. The maximum atomic E-state index is 12.0. The zero-order valence-corrected chi connectivity index (χ0v) is 13.7. The summed E-state index contributed by atoms with van der Waals surface area (Å²) in [7, 11) is 3.25. The second-order valence-electron chi connectivity index (χ2n) is 4.79. The predicted octanol–water partition coefficient (Wildman–Crippen LogP) is 2.60. The van der Waals surface area contributed by atoms with Crippen LogP contribution in [0, 0.1) is 12.8 Å². The quantitative estimate of drug-likeness (QED) is 0.884. The monoisotopic (exact) mass is 341 g/mol. The average Bonchev–Trinajstić information content (AvgIpc) is 2.41. The molecule has 0 aliphatic carbocycles. The van der Waals surface area contributed by atoms with Gasteiger partial charge in [0.05, 0.1) is 5.92 Å². The molecule has 1 aromatic rings. The van der Waals surface area contributed by atoms with E-state index in [2.05, 4.69) is 26.6 Å². The fraction of sp³-hybridized carbons (Fsp3) is 0.429. The largest absolute Gasteiger partial charge is 0.359 e. The first-order valence-corrected chi connectivity index (χ1v) is 7.14. The number of urea groups is 1. The number of hydrogen-bond acceptors (Lipinski definition) is 2. The van der Waals surface area contributed by atoms with Crippen LogP contribution in [0.4, 0.5) is 10.5 Å². The third-order valence-corrected chi connectivity index (χ3v) is 3.89. The summed E-state index contributed by atoms with van der Waals surface area (Å²) in [5, 5.41) is 5.38. The Bertz CT molecular complexity index is 505. The Morgan fingerprint density at radius 3 is 2.60 bits per heavy atom. The van der Waals surface area contributed by atoms with Crippen LogP contribution in [0.5, 0.6) is 0 Å². The summed E-state index contributed by atoms with van der Waals surface area (Å²) in [6.45, 7) is 4.10. The molecule has 0 aromatic heterocycles. The van der Waals surface area contributed by atoms with E-state index in [1.54, 1.807) is 21.0 Å². The smallest absolute Gasteiger partial charge is 0.321 e. The van der Waals surface area contributed by atoms with Gasteiger partial charge >= 0.3 is 6.03 Å². The van der Waals surface area contributed by atoms with E-state index in [1.807, 2.05) is 25.1 Å². The van der Waals surface area contributed by atoms with Crippen molar-refractivity contribution in [2.24, 2.45) is 5.92 Å². The lowest BCUT2D eigenvalue weighted by atomic mass is 10.1. The van der Waals surface area contributed by atoms with Gasteiger partial charge < -0.3 is 15.5 Å². The number of hydrogen-bond donors (Lipinski definition) is 2. The Labute approximate surface area is 127 Å². The molecule has 1 atom stereocenters. The maximum absolute atomic E-state index is 12.0. The molecule has 6 heteroatoms. The van der Waals surface area contributed by atoms with Gasteiger partial charge in [-0.15, -0.1) is 0 Å². The van der Waals surface area contributed by atoms with Crippen molar-refractivity contribution in [3.05, 3.63) is 28.2 Å². The number of carbonyl (C=O) groups is 2. The number of carbonyl (C=O) groups excluding carboxylic acids is 2. The normalized spacial score (nSPS) is 11.7. The van der Waals surface area contributed by atoms with Gasteiger partial charge in [0, 0.05) is 30.8 Å². The lowest BCUT2D eigenvalue weighted by Gasteiger charge is -2.21. The Kier molecular flexibility index (Phi) is 6.01. The van der Waals surface area contributed by atoms with E-state index in [-0.39, 0.29) is 17.9 Å². The van der Waals surface area contributed by atoms with Crippen molar-refractivity contribution in [1.82, 2.24) is 10.2 Å². The van der Waals surface area contributed by atoms with E-state index in [0.29, 0.717) is 6.54 Å². The molecule has 0 fully saturated rings. The summed E-state index contributed by atoms with van der Waals surface area (Å²) in [5.74, 6) is -0.327. The molecule has 0 unspecified atom stereocenters. The number of nitrogens with one attached hydrogen (secondary N) is 2. The molecule has 1 aromatic carbocycles. The molecule has 0 saturated heterocycles. The van der Waals surface area contributed by atoms with Crippen LogP contribution in [0.3, 0.4) is 0 Å². The minimum Gasteiger partial charge on any atom is -0.359 e. The van der Waals surface area contributed by atoms with Crippen LogP contribution < -0.4 is 10.6 Å². The number of amides is 3. The molecule has 110 valence electrons. The molecule has 0 heterocycles. The summed E-state index contributed by atoms with van der Waals surface area (Å²) in [6.07, 6.45) is 0. The van der Waals surface area contributed by atoms with E-state index in [0.717, 1.165) is 15.7 Å². The molecule has 0 spiro atoms. The van der Waals surface area contributed by atoms with Gasteiger partial charge in [0.25, 0.3) is 0 Å². The fourth-order valence-corrected chi connectivity index (χ4v) is 2.01. The maximum Gasteiger partial charge on any atom is 0.321 e. The van der Waals surface area contributed by atoms with Gasteiger partial charge in [0.2, 0.25) is 5.91 Å². The van der Waals surface area contributed by atoms with Crippen LogP contribution >= 0.6 is 15.9 Å². The lowest BCUT2D eigenvalue weighted by molar-refractivity contribution is -0.124. The van der Waals surface area contributed by atoms with Crippen LogP contribution in [-0.2, 0) is 4.79 Å². The van der Waals surface area contributed by atoms with Crippen molar-refractivity contribution < 1.29 is 9.59 Å². The number of nitrogens with zero attached hydrogens (tertiary/aromatic N) is 1. The number of aryl methyl sites for hydroxylation is 1. The summed E-state index contributed by atoms with van der Waals surface area (Å²) >= 11 is 3.41. The predicted molar refractivity (Wildman–Crippen MR) is 83.8 cm³/mol. The SMILES string of the molecule is CNC(=O)[C@@H](C)CN(C)C(=O)Nc1ccc(Br)c(C)c1. The molecule has 1 rings (SSSR count). The molecule has 0 aliphatic rings. The highest BCUT2D eigenvalue weighted by atomic mass is 79.9. The number of benzene rings is 1. The zero-order valence-electron chi connectivity index (χ0n) is 12.2. The average molecular weight is 342 g/mol. The van der Waals surface area contributed by atoms with Gasteiger partial charge in [-0.3, -0.25) is 4.79 Å². The first-order valence-electron chi connectivity index (χ1n) is 6.35. The second-order valence-corrected chi connectivity index (χ2v) is 5.64. The van der Waals surface area contributed by atoms with Gasteiger partial charge in [-0.1, -0.05) is 22.9 Å². The molecule has 3 amide bonds. The molecule has 2 N–H and O–H groups in total. The molecular weight excluding hydrogens is 322 g/mol. The number of anilines is 1. The van der Waals surface area contributed by atoms with Gasteiger partial charge in [-0.25, -0.2) is 4.79 Å². The minimum absolute atomic E-state index is 0.0795. The van der Waals surface area contributed by atoms with E-state index in [9.17, 15) is 9.59 Å². The highest BCUT2D eigenvalue weighted by Gasteiger charge is 2.17. The molecule has 0 radical (unpaired) electrons. The van der Waals surface area contributed by atoms with E-state index >= 15 is 0 Å². The van der Waals surface area contributed by atoms with Crippen molar-refractivity contribution in [2.75, 3.05) is 26.0 Å². The Morgan fingerprint density at radius 2 is 2.05 bits per heavy atom. The van der Waals surface area contributed by atoms with Crippen molar-refractivity contribution >= 4 is 33.6 Å². The molecule has 20 heavy (non-hydrogen) atoms. The lowest BCUT2D eigenvalue weighted by Crippen LogP contribution is -2.39. The van der Waals surface area contributed by atoms with Gasteiger partial charge in [-0.05, 0) is 30.7 Å². The van der Waals surface area contributed by atoms with Crippen LogP contribution in [0.25, 0.3) is 0 Å². The van der Waals surface area contributed by atoms with Crippen molar-refractivity contribution in [3.63, 3.8) is 0 Å². The van der Waals surface area contributed by atoms with Crippen LogP contribution in [-0.4, -0.2) is 37.5 Å². The molecule has 0 saturated carbocycles. The summed E-state index contributed by atoms with van der Waals surface area (Å²) < 4.78 is 0.997. The number of rotatable bonds is 4. The third-order valence-electron chi connectivity index (χ3n) is 3.00. The first-order chi connectivity index (χ1) is 9.35. The van der Waals surface area contributed by atoms with Crippen molar-refractivity contribution in [2.45, 2.75) is 13.8 Å². The summed E-state index contributed by atoms with van der Waals surface area (Å²) in [4.78, 5) is 25.0. The summed E-state index contributed by atoms with van der Waals surface area (Å²) in [5.41, 5.74) is 1.78. The van der Waals surface area contributed by atoms with Crippen molar-refractivity contribution in [1.29, 1.82) is 0 Å². The van der Waals surface area contributed by atoms with Crippen LogP contribution in [0.1, 0.15) is 12.5 Å². The topological polar surface area (TPSA) is 61.4 Å². The minimum atomic E-state index is -0.248. The van der Waals surface area contributed by atoms with E-state index in [4.69, 9.17) is 0 Å². The highest BCUT2D eigenvalue weighted by Crippen LogP contribution is 2.20. The Balaban J connectivity index is 2.61. The van der Waals surface area contributed by atoms with Crippen LogP contribution in [0.2, 0.25) is 0 Å².